The molecule has 0 bridgehead atoms. The molecule has 0 fully saturated rings. The van der Waals surface area contributed by atoms with Gasteiger partial charge < -0.3 is 19.2 Å². The van der Waals surface area contributed by atoms with E-state index in [1.807, 2.05) is 25.1 Å². The van der Waals surface area contributed by atoms with E-state index in [1.165, 1.54) is 18.4 Å². The number of hydrogen-bond donors (Lipinski definition) is 1. The lowest BCUT2D eigenvalue weighted by Crippen LogP contribution is -2.38. The summed E-state index contributed by atoms with van der Waals surface area (Å²) in [6.07, 6.45) is 4.46. The molecule has 124 valence electrons. The lowest BCUT2D eigenvalue weighted by Gasteiger charge is -2.13. The Kier molecular flexibility index (Phi) is 4.86. The maximum atomic E-state index is 11.8. The van der Waals surface area contributed by atoms with E-state index >= 15 is 0 Å². The summed E-state index contributed by atoms with van der Waals surface area (Å²) in [5.74, 6) is 1.65. The van der Waals surface area contributed by atoms with Gasteiger partial charge >= 0.3 is 0 Å². The molecule has 1 amide bonds. The molecule has 0 saturated carbocycles. The first-order valence-electron chi connectivity index (χ1n) is 8.13. The number of benzene rings is 1. The van der Waals surface area contributed by atoms with E-state index in [0.29, 0.717) is 12.4 Å². The molecule has 23 heavy (non-hydrogen) atoms. The zero-order chi connectivity index (χ0) is 16.2. The summed E-state index contributed by atoms with van der Waals surface area (Å²) in [7, 11) is 1.61. The van der Waals surface area contributed by atoms with E-state index < -0.39 is 0 Å². The van der Waals surface area contributed by atoms with Crippen molar-refractivity contribution in [1.29, 1.82) is 0 Å². The number of methoxy groups -OCH3 is 1. The van der Waals surface area contributed by atoms with Crippen molar-refractivity contribution in [2.45, 2.75) is 38.6 Å². The van der Waals surface area contributed by atoms with Gasteiger partial charge in [-0.15, -0.1) is 0 Å². The average Bonchev–Trinajstić information content (AvgIpc) is 2.91. The summed E-state index contributed by atoms with van der Waals surface area (Å²) in [5.41, 5.74) is 2.21. The Morgan fingerprint density at radius 3 is 3.00 bits per heavy atom. The molecule has 2 aromatic rings. The van der Waals surface area contributed by atoms with Crippen molar-refractivity contribution in [3.63, 3.8) is 0 Å². The number of aryl methyl sites for hydroxylation is 2. The Morgan fingerprint density at radius 2 is 2.17 bits per heavy atom. The monoisotopic (exact) mass is 317 g/mol. The van der Waals surface area contributed by atoms with E-state index in [0.717, 1.165) is 29.6 Å². The van der Waals surface area contributed by atoms with Crippen molar-refractivity contribution < 1.29 is 18.7 Å². The van der Waals surface area contributed by atoms with Gasteiger partial charge in [0.2, 0.25) is 0 Å². The molecule has 5 heteroatoms. The number of hydrogen-bond acceptors (Lipinski definition) is 4. The van der Waals surface area contributed by atoms with Gasteiger partial charge in [0, 0.05) is 30.5 Å². The van der Waals surface area contributed by atoms with Gasteiger partial charge in [-0.05, 0) is 44.4 Å². The van der Waals surface area contributed by atoms with Crippen LogP contribution in [0.1, 0.15) is 31.1 Å². The van der Waals surface area contributed by atoms with Crippen molar-refractivity contribution in [3.05, 3.63) is 29.5 Å². The van der Waals surface area contributed by atoms with Gasteiger partial charge in [-0.25, -0.2) is 0 Å². The fraction of sp³-hybridized carbons (Fsp3) is 0.500. The molecule has 3 rings (SSSR count). The van der Waals surface area contributed by atoms with E-state index in [1.54, 1.807) is 7.11 Å². The van der Waals surface area contributed by atoms with Crippen LogP contribution in [-0.4, -0.2) is 32.3 Å². The van der Waals surface area contributed by atoms with Crippen LogP contribution in [0.4, 0.5) is 0 Å². The highest BCUT2D eigenvalue weighted by molar-refractivity contribution is 5.84. The summed E-state index contributed by atoms with van der Waals surface area (Å²) >= 11 is 0. The Balaban J connectivity index is 1.65. The molecule has 1 unspecified atom stereocenters. The first-order valence-corrected chi connectivity index (χ1v) is 8.13. The van der Waals surface area contributed by atoms with Gasteiger partial charge in [0.05, 0.1) is 6.61 Å². The minimum absolute atomic E-state index is 0.000394. The smallest absolute Gasteiger partial charge is 0.258 e. The van der Waals surface area contributed by atoms with Crippen molar-refractivity contribution in [1.82, 2.24) is 5.32 Å². The second-order valence-electron chi connectivity index (χ2n) is 6.08. The van der Waals surface area contributed by atoms with Crippen LogP contribution in [-0.2, 0) is 22.4 Å². The molecule has 1 aliphatic rings. The number of carbonyl (C=O) groups is 1. The Bertz CT molecular complexity index is 692. The standard InChI is InChI=1S/C18H23NO4/c1-12(10-21-2)19-18(20)11-22-13-7-8-17-15(9-13)14-5-3-4-6-16(14)23-17/h7-9,12H,3-6,10-11H2,1-2H3,(H,19,20). The van der Waals surface area contributed by atoms with Crippen LogP contribution in [0.5, 0.6) is 5.75 Å². The molecular formula is C18H23NO4. The zero-order valence-corrected chi connectivity index (χ0v) is 13.7. The normalized spacial score (nSPS) is 15.2. The Hall–Kier alpha value is -2.01. The van der Waals surface area contributed by atoms with E-state index in [2.05, 4.69) is 5.32 Å². The second kappa shape index (κ2) is 7.04. The van der Waals surface area contributed by atoms with Crippen LogP contribution in [0.25, 0.3) is 11.0 Å². The topological polar surface area (TPSA) is 60.7 Å². The van der Waals surface area contributed by atoms with Gasteiger partial charge in [0.25, 0.3) is 5.91 Å². The van der Waals surface area contributed by atoms with Crippen LogP contribution >= 0.6 is 0 Å². The number of fused-ring (bicyclic) bond motifs is 3. The summed E-state index contributed by atoms with van der Waals surface area (Å²) < 4.78 is 16.5. The third kappa shape index (κ3) is 3.67. The molecule has 0 aliphatic heterocycles. The van der Waals surface area contributed by atoms with Crippen LogP contribution in [0.2, 0.25) is 0 Å². The summed E-state index contributed by atoms with van der Waals surface area (Å²) in [4.78, 5) is 11.8. The van der Waals surface area contributed by atoms with Gasteiger partial charge in [0.1, 0.15) is 17.1 Å². The third-order valence-corrected chi connectivity index (χ3v) is 4.12. The molecule has 1 aromatic carbocycles. The lowest BCUT2D eigenvalue weighted by atomic mass is 9.96. The molecule has 0 saturated heterocycles. The van der Waals surface area contributed by atoms with Crippen LogP contribution in [0.3, 0.4) is 0 Å². The quantitative estimate of drug-likeness (QED) is 0.890. The number of rotatable bonds is 6. The highest BCUT2D eigenvalue weighted by Gasteiger charge is 2.18. The first-order chi connectivity index (χ1) is 11.2. The van der Waals surface area contributed by atoms with Gasteiger partial charge in [-0.2, -0.15) is 0 Å². The Morgan fingerprint density at radius 1 is 1.35 bits per heavy atom. The summed E-state index contributed by atoms with van der Waals surface area (Å²) in [6.45, 7) is 2.38. The number of nitrogens with one attached hydrogen (secondary N) is 1. The van der Waals surface area contributed by atoms with Crippen LogP contribution in [0, 0.1) is 0 Å². The fourth-order valence-corrected chi connectivity index (χ4v) is 3.09. The highest BCUT2D eigenvalue weighted by Crippen LogP contribution is 2.33. The van der Waals surface area contributed by atoms with Gasteiger partial charge in [-0.1, -0.05) is 0 Å². The molecule has 0 spiro atoms. The SMILES string of the molecule is COCC(C)NC(=O)COc1ccc2oc3c(c2c1)CCCC3. The van der Waals surface area contributed by atoms with Crippen LogP contribution < -0.4 is 10.1 Å². The lowest BCUT2D eigenvalue weighted by molar-refractivity contribution is -0.124. The second-order valence-corrected chi connectivity index (χ2v) is 6.08. The number of amides is 1. The van der Waals surface area contributed by atoms with Gasteiger partial charge in [-0.3, -0.25) is 4.79 Å². The number of carbonyl (C=O) groups excluding carboxylic acids is 1. The highest BCUT2D eigenvalue weighted by atomic mass is 16.5. The minimum Gasteiger partial charge on any atom is -0.484 e. The molecule has 1 N–H and O–H groups in total. The molecule has 1 atom stereocenters. The minimum atomic E-state index is -0.149. The van der Waals surface area contributed by atoms with Crippen LogP contribution in [0.15, 0.2) is 22.6 Å². The molecular weight excluding hydrogens is 294 g/mol. The maximum Gasteiger partial charge on any atom is 0.258 e. The largest absolute Gasteiger partial charge is 0.484 e. The van der Waals surface area contributed by atoms with Crippen molar-refractivity contribution in [2.24, 2.45) is 0 Å². The Labute approximate surface area is 135 Å². The molecule has 0 radical (unpaired) electrons. The molecule has 1 heterocycles. The summed E-state index contributed by atoms with van der Waals surface area (Å²) in [5, 5.41) is 3.94. The number of furan rings is 1. The zero-order valence-electron chi connectivity index (χ0n) is 13.7. The molecule has 1 aliphatic carbocycles. The predicted octanol–water partition coefficient (Wildman–Crippen LogP) is 2.84. The van der Waals surface area contributed by atoms with E-state index in [9.17, 15) is 4.79 Å². The fourth-order valence-electron chi connectivity index (χ4n) is 3.09. The van der Waals surface area contributed by atoms with E-state index in [4.69, 9.17) is 13.9 Å². The predicted molar refractivity (Wildman–Crippen MR) is 87.8 cm³/mol. The summed E-state index contributed by atoms with van der Waals surface area (Å²) in [6, 6.07) is 5.73. The first kappa shape index (κ1) is 15.9. The average molecular weight is 317 g/mol. The van der Waals surface area contributed by atoms with Crippen molar-refractivity contribution in [2.75, 3.05) is 20.3 Å². The maximum absolute atomic E-state index is 11.8. The van der Waals surface area contributed by atoms with Crippen molar-refractivity contribution >= 4 is 16.9 Å². The van der Waals surface area contributed by atoms with Crippen molar-refractivity contribution in [3.8, 4) is 5.75 Å². The van der Waals surface area contributed by atoms with Gasteiger partial charge in [0.15, 0.2) is 6.61 Å². The third-order valence-electron chi connectivity index (χ3n) is 4.12. The number of ether oxygens (including phenoxy) is 2. The molecule has 1 aromatic heterocycles. The van der Waals surface area contributed by atoms with E-state index in [-0.39, 0.29) is 18.6 Å². The molecule has 5 nitrogen and oxygen atoms in total.